The normalized spacial score (nSPS) is 15.1. The fourth-order valence-electron chi connectivity index (χ4n) is 3.08. The molecule has 0 saturated heterocycles. The minimum Gasteiger partial charge on any atom is -0.485 e. The lowest BCUT2D eigenvalue weighted by atomic mass is 10.1. The molecule has 1 aliphatic rings. The zero-order valence-corrected chi connectivity index (χ0v) is 17.9. The number of nitrogens with one attached hydrogen (secondary N) is 2. The lowest BCUT2D eigenvalue weighted by Crippen LogP contribution is -2.42. The highest BCUT2D eigenvalue weighted by Crippen LogP contribution is 2.30. The number of hydrogen-bond donors (Lipinski definition) is 2. The summed E-state index contributed by atoms with van der Waals surface area (Å²) < 4.78 is 11.2. The lowest BCUT2D eigenvalue weighted by molar-refractivity contribution is -0.130. The van der Waals surface area contributed by atoms with Crippen LogP contribution in [0.5, 0.6) is 11.5 Å². The van der Waals surface area contributed by atoms with Crippen LogP contribution >= 0.6 is 11.6 Å². The lowest BCUT2D eigenvalue weighted by Gasteiger charge is -2.24. The first-order chi connectivity index (χ1) is 15.5. The third-order valence-corrected chi connectivity index (χ3v) is 4.99. The Morgan fingerprint density at radius 2 is 1.72 bits per heavy atom. The molecule has 8 heteroatoms. The van der Waals surface area contributed by atoms with Crippen LogP contribution < -0.4 is 20.2 Å². The highest BCUT2D eigenvalue weighted by atomic mass is 35.5. The molecule has 0 spiro atoms. The number of halogens is 1. The number of fused-ring (bicyclic) bond motifs is 1. The highest BCUT2D eigenvalue weighted by molar-refractivity contribution is 6.31. The molecule has 0 aromatic heterocycles. The molecule has 0 bridgehead atoms. The summed E-state index contributed by atoms with van der Waals surface area (Å²) >= 11 is 5.95. The van der Waals surface area contributed by atoms with Crippen LogP contribution in [-0.4, -0.2) is 30.2 Å². The Kier molecular flexibility index (Phi) is 6.37. The fraction of sp³-hybridized carbons (Fsp3) is 0.125. The van der Waals surface area contributed by atoms with Gasteiger partial charge in [-0.3, -0.25) is 9.59 Å². The minimum absolute atomic E-state index is 0.0996. The van der Waals surface area contributed by atoms with E-state index in [4.69, 9.17) is 21.1 Å². The summed E-state index contributed by atoms with van der Waals surface area (Å²) in [4.78, 5) is 24.9. The van der Waals surface area contributed by atoms with Crippen LogP contribution in [0.25, 0.3) is 0 Å². The number of benzene rings is 3. The van der Waals surface area contributed by atoms with Gasteiger partial charge in [0.15, 0.2) is 11.5 Å². The van der Waals surface area contributed by atoms with E-state index in [-0.39, 0.29) is 12.5 Å². The number of carbonyl (C=O) groups excluding carboxylic acids is 2. The topological polar surface area (TPSA) is 89.0 Å². The van der Waals surface area contributed by atoms with Crippen LogP contribution in [0.3, 0.4) is 0 Å². The molecule has 0 radical (unpaired) electrons. The minimum atomic E-state index is -0.801. The largest absolute Gasteiger partial charge is 0.485 e. The summed E-state index contributed by atoms with van der Waals surface area (Å²) in [7, 11) is 0. The molecular weight excluding hydrogens is 430 g/mol. The number of hydrazone groups is 1. The zero-order valence-electron chi connectivity index (χ0n) is 17.2. The molecule has 32 heavy (non-hydrogen) atoms. The molecule has 1 heterocycles. The summed E-state index contributed by atoms with van der Waals surface area (Å²) in [6.45, 7) is 1.86. The van der Waals surface area contributed by atoms with Gasteiger partial charge < -0.3 is 14.8 Å². The molecule has 0 unspecified atom stereocenters. The van der Waals surface area contributed by atoms with Crippen LogP contribution in [0.15, 0.2) is 77.9 Å². The molecule has 3 aromatic carbocycles. The van der Waals surface area contributed by atoms with E-state index in [9.17, 15) is 9.59 Å². The molecule has 0 fully saturated rings. The van der Waals surface area contributed by atoms with Crippen molar-refractivity contribution in [3.05, 3.63) is 88.9 Å². The van der Waals surface area contributed by atoms with E-state index in [2.05, 4.69) is 15.8 Å². The Bertz CT molecular complexity index is 1200. The third kappa shape index (κ3) is 5.07. The number of amides is 2. The van der Waals surface area contributed by atoms with Gasteiger partial charge in [-0.2, -0.15) is 5.10 Å². The van der Waals surface area contributed by atoms with Crippen molar-refractivity contribution in [2.75, 3.05) is 11.9 Å². The monoisotopic (exact) mass is 449 g/mol. The third-order valence-electron chi connectivity index (χ3n) is 4.76. The Balaban J connectivity index is 1.39. The maximum absolute atomic E-state index is 12.4. The molecule has 7 nitrogen and oxygen atoms in total. The summed E-state index contributed by atoms with van der Waals surface area (Å²) in [5.74, 6) is 0.433. The molecule has 1 atom stereocenters. The van der Waals surface area contributed by atoms with Crippen molar-refractivity contribution < 1.29 is 19.1 Å². The molecule has 1 aliphatic heterocycles. The van der Waals surface area contributed by atoms with E-state index in [1.54, 1.807) is 61.5 Å². The van der Waals surface area contributed by atoms with Crippen LogP contribution in [0, 0.1) is 0 Å². The van der Waals surface area contributed by atoms with Gasteiger partial charge in [-0.15, -0.1) is 0 Å². The van der Waals surface area contributed by atoms with Gasteiger partial charge in [0.2, 0.25) is 6.10 Å². The van der Waals surface area contributed by atoms with Crippen LogP contribution in [0.2, 0.25) is 5.02 Å². The second-order valence-electron chi connectivity index (χ2n) is 7.08. The number of anilines is 1. The predicted molar refractivity (Wildman–Crippen MR) is 123 cm³/mol. The van der Waals surface area contributed by atoms with E-state index in [0.29, 0.717) is 33.5 Å². The maximum Gasteiger partial charge on any atom is 0.284 e. The van der Waals surface area contributed by atoms with Gasteiger partial charge in [-0.25, -0.2) is 5.43 Å². The zero-order chi connectivity index (χ0) is 22.5. The second kappa shape index (κ2) is 9.53. The summed E-state index contributed by atoms with van der Waals surface area (Å²) in [6, 6.07) is 21.0. The Labute approximate surface area is 190 Å². The molecule has 2 N–H and O–H groups in total. The first-order valence-corrected chi connectivity index (χ1v) is 10.3. The van der Waals surface area contributed by atoms with E-state index in [1.165, 1.54) is 0 Å². The van der Waals surface area contributed by atoms with Crippen molar-refractivity contribution in [2.24, 2.45) is 5.10 Å². The molecule has 0 saturated carbocycles. The van der Waals surface area contributed by atoms with Crippen molar-refractivity contribution in [3.8, 4) is 11.5 Å². The number of carbonyl (C=O) groups is 2. The quantitative estimate of drug-likeness (QED) is 0.449. The molecule has 3 aromatic rings. The first kappa shape index (κ1) is 21.4. The molecule has 0 aliphatic carbocycles. The first-order valence-electron chi connectivity index (χ1n) is 9.89. The van der Waals surface area contributed by atoms with Gasteiger partial charge in [0.05, 0.1) is 5.71 Å². The summed E-state index contributed by atoms with van der Waals surface area (Å²) in [5, 5.41) is 7.48. The Morgan fingerprint density at radius 1 is 0.969 bits per heavy atom. The number of para-hydroxylation sites is 2. The number of hydrogen-bond acceptors (Lipinski definition) is 5. The van der Waals surface area contributed by atoms with Crippen LogP contribution in [-0.2, 0) is 4.79 Å². The standard InChI is InChI=1S/C24H20ClN3O4/c1-15(27-28-24(30)22-14-31-20-10-2-3-11-21(20)32-22)16-6-5-9-19(13-16)26-23(29)17-7-4-8-18(25)12-17/h2-13,22H,14H2,1H3,(H,26,29)(H,28,30)/b27-15-/t22-/m1/s1. The van der Waals surface area contributed by atoms with Crippen LogP contribution in [0.1, 0.15) is 22.8 Å². The van der Waals surface area contributed by atoms with Crippen molar-refractivity contribution in [3.63, 3.8) is 0 Å². The van der Waals surface area contributed by atoms with E-state index < -0.39 is 12.0 Å². The van der Waals surface area contributed by atoms with Gasteiger partial charge in [-0.05, 0) is 55.0 Å². The summed E-state index contributed by atoms with van der Waals surface area (Å²) in [6.07, 6.45) is -0.801. The molecule has 162 valence electrons. The van der Waals surface area contributed by atoms with Crippen molar-refractivity contribution in [1.29, 1.82) is 0 Å². The summed E-state index contributed by atoms with van der Waals surface area (Å²) in [5.41, 5.74) is 4.86. The van der Waals surface area contributed by atoms with Crippen molar-refractivity contribution in [1.82, 2.24) is 5.43 Å². The Morgan fingerprint density at radius 3 is 2.53 bits per heavy atom. The molecular formula is C24H20ClN3O4. The highest BCUT2D eigenvalue weighted by Gasteiger charge is 2.27. The van der Waals surface area contributed by atoms with E-state index in [0.717, 1.165) is 5.56 Å². The Hall–Kier alpha value is -3.84. The maximum atomic E-state index is 12.4. The number of ether oxygens (including phenoxy) is 2. The van der Waals surface area contributed by atoms with Crippen molar-refractivity contribution >= 4 is 34.8 Å². The van der Waals surface area contributed by atoms with Crippen molar-refractivity contribution in [2.45, 2.75) is 13.0 Å². The smallest absolute Gasteiger partial charge is 0.284 e. The second-order valence-corrected chi connectivity index (χ2v) is 7.52. The van der Waals surface area contributed by atoms with Gasteiger partial charge in [0.25, 0.3) is 11.8 Å². The van der Waals surface area contributed by atoms with Crippen LogP contribution in [0.4, 0.5) is 5.69 Å². The van der Waals surface area contributed by atoms with E-state index in [1.807, 2.05) is 18.2 Å². The van der Waals surface area contributed by atoms with Gasteiger partial charge in [-0.1, -0.05) is 41.9 Å². The number of nitrogens with zero attached hydrogens (tertiary/aromatic N) is 1. The molecule has 2 amide bonds. The molecule has 4 rings (SSSR count). The predicted octanol–water partition coefficient (Wildman–Crippen LogP) is 4.27. The number of rotatable bonds is 5. The average Bonchev–Trinajstić information content (AvgIpc) is 2.82. The van der Waals surface area contributed by atoms with Gasteiger partial charge >= 0.3 is 0 Å². The average molecular weight is 450 g/mol. The SMILES string of the molecule is C/C(=N/NC(=O)[C@H]1COc2ccccc2O1)c1cccc(NC(=O)c2cccc(Cl)c2)c1. The fourth-order valence-corrected chi connectivity index (χ4v) is 3.27. The van der Waals surface area contributed by atoms with Gasteiger partial charge in [0, 0.05) is 16.3 Å². The van der Waals surface area contributed by atoms with Gasteiger partial charge in [0.1, 0.15) is 6.61 Å². The van der Waals surface area contributed by atoms with E-state index >= 15 is 0 Å².